The molecule has 0 aliphatic heterocycles. The van der Waals surface area contributed by atoms with Gasteiger partial charge in [0.15, 0.2) is 0 Å². The number of nitrogens with zero attached hydrogens (tertiary/aromatic N) is 5. The van der Waals surface area contributed by atoms with Gasteiger partial charge in [0.2, 0.25) is 10.0 Å². The van der Waals surface area contributed by atoms with Crippen molar-refractivity contribution in [2.75, 3.05) is 6.54 Å². The Labute approximate surface area is 241 Å². The number of nitriles is 1. The van der Waals surface area contributed by atoms with E-state index >= 15 is 0 Å². The number of hydrogen-bond acceptors (Lipinski definition) is 5. The molecule has 5 aromatic rings. The van der Waals surface area contributed by atoms with Crippen LogP contribution in [0.25, 0.3) is 0 Å². The molecule has 4 aromatic carbocycles. The fourth-order valence-electron chi connectivity index (χ4n) is 4.89. The average molecular weight is 562 g/mol. The van der Waals surface area contributed by atoms with Crippen molar-refractivity contribution in [1.29, 1.82) is 5.26 Å². The molecule has 1 heterocycles. The number of benzene rings is 4. The highest BCUT2D eigenvalue weighted by Gasteiger charge is 2.28. The maximum absolute atomic E-state index is 14.0. The minimum Gasteiger partial charge on any atom is -0.312 e. The van der Waals surface area contributed by atoms with Gasteiger partial charge in [-0.15, -0.1) is 10.2 Å². The van der Waals surface area contributed by atoms with Crippen LogP contribution in [0.5, 0.6) is 0 Å². The summed E-state index contributed by atoms with van der Waals surface area (Å²) in [6, 6.07) is 36.7. The predicted octanol–water partition coefficient (Wildman–Crippen LogP) is 5.92. The first-order valence-corrected chi connectivity index (χ1v) is 14.9. The van der Waals surface area contributed by atoms with Crippen LogP contribution in [0, 0.1) is 18.3 Å². The van der Waals surface area contributed by atoms with E-state index in [2.05, 4.69) is 40.5 Å². The van der Waals surface area contributed by atoms with E-state index in [0.29, 0.717) is 24.4 Å². The standard InChI is InChI=1S/C33H31N5O2S/c1-26-12-18-31(19-13-26)41(39,40)38(21-20-32(29-8-4-2-5-9-29)30-10-6-3-7-11-30)24-33-36-35-25-37(33)23-28-16-14-27(22-34)15-17-28/h2-19,25,32H,20-21,23-24H2,1H3. The monoisotopic (exact) mass is 561 g/mol. The lowest BCUT2D eigenvalue weighted by Crippen LogP contribution is -2.33. The molecule has 0 saturated carbocycles. The topological polar surface area (TPSA) is 91.9 Å². The van der Waals surface area contributed by atoms with Gasteiger partial charge in [-0.1, -0.05) is 90.5 Å². The van der Waals surface area contributed by atoms with Crippen molar-refractivity contribution in [3.8, 4) is 6.07 Å². The molecule has 5 rings (SSSR count). The van der Waals surface area contributed by atoms with Crippen molar-refractivity contribution < 1.29 is 8.42 Å². The number of hydrogen-bond donors (Lipinski definition) is 0. The van der Waals surface area contributed by atoms with Crippen LogP contribution in [-0.2, 0) is 23.1 Å². The van der Waals surface area contributed by atoms with E-state index in [-0.39, 0.29) is 23.9 Å². The first kappa shape index (κ1) is 28.0. The minimum absolute atomic E-state index is 0.0182. The highest BCUT2D eigenvalue weighted by molar-refractivity contribution is 7.89. The minimum atomic E-state index is -3.84. The van der Waals surface area contributed by atoms with Gasteiger partial charge >= 0.3 is 0 Å². The second kappa shape index (κ2) is 12.7. The molecule has 0 radical (unpaired) electrons. The zero-order chi connectivity index (χ0) is 28.7. The van der Waals surface area contributed by atoms with Crippen molar-refractivity contribution >= 4 is 10.0 Å². The second-order valence-electron chi connectivity index (χ2n) is 10.00. The maximum Gasteiger partial charge on any atom is 0.243 e. The highest BCUT2D eigenvalue weighted by Crippen LogP contribution is 2.30. The number of sulfonamides is 1. The van der Waals surface area contributed by atoms with E-state index < -0.39 is 10.0 Å². The molecule has 7 nitrogen and oxygen atoms in total. The fraction of sp³-hybridized carbons (Fsp3) is 0.182. The molecule has 0 amide bonds. The molecular weight excluding hydrogens is 530 g/mol. The Morgan fingerprint density at radius 2 is 1.46 bits per heavy atom. The van der Waals surface area contributed by atoms with E-state index in [1.807, 2.05) is 72.2 Å². The molecule has 0 saturated heterocycles. The summed E-state index contributed by atoms with van der Waals surface area (Å²) in [6.45, 7) is 2.75. The molecule has 0 fully saturated rings. The van der Waals surface area contributed by atoms with Crippen LogP contribution in [0.3, 0.4) is 0 Å². The number of aryl methyl sites for hydroxylation is 1. The van der Waals surface area contributed by atoms with Crippen molar-refractivity contribution in [1.82, 2.24) is 19.1 Å². The van der Waals surface area contributed by atoms with Crippen LogP contribution < -0.4 is 0 Å². The van der Waals surface area contributed by atoms with Gasteiger partial charge in [0, 0.05) is 12.5 Å². The Morgan fingerprint density at radius 3 is 2.05 bits per heavy atom. The van der Waals surface area contributed by atoms with E-state index in [0.717, 1.165) is 22.3 Å². The predicted molar refractivity (Wildman–Crippen MR) is 158 cm³/mol. The molecule has 0 N–H and O–H groups in total. The van der Waals surface area contributed by atoms with Gasteiger partial charge in [0.1, 0.15) is 12.2 Å². The third kappa shape index (κ3) is 6.77. The van der Waals surface area contributed by atoms with Gasteiger partial charge in [0.05, 0.1) is 29.6 Å². The Balaban J connectivity index is 1.46. The van der Waals surface area contributed by atoms with Gasteiger partial charge in [-0.2, -0.15) is 9.57 Å². The number of aromatic nitrogens is 3. The van der Waals surface area contributed by atoms with E-state index in [1.165, 1.54) is 4.31 Å². The van der Waals surface area contributed by atoms with Crippen molar-refractivity contribution in [2.45, 2.75) is 37.2 Å². The van der Waals surface area contributed by atoms with Crippen LogP contribution in [-0.4, -0.2) is 34.0 Å². The molecule has 1 aromatic heterocycles. The summed E-state index contributed by atoms with van der Waals surface area (Å²) in [7, 11) is -3.84. The van der Waals surface area contributed by atoms with Gasteiger partial charge in [-0.05, 0) is 54.3 Å². The molecule has 0 atom stereocenters. The zero-order valence-electron chi connectivity index (χ0n) is 22.8. The smallest absolute Gasteiger partial charge is 0.243 e. The van der Waals surface area contributed by atoms with Crippen molar-refractivity contribution in [3.63, 3.8) is 0 Å². The molecule has 41 heavy (non-hydrogen) atoms. The van der Waals surface area contributed by atoms with Crippen LogP contribution in [0.4, 0.5) is 0 Å². The first-order chi connectivity index (χ1) is 19.9. The molecule has 0 unspecified atom stereocenters. The molecule has 0 spiro atoms. The van der Waals surface area contributed by atoms with Crippen molar-refractivity contribution in [3.05, 3.63) is 149 Å². The van der Waals surface area contributed by atoms with Crippen LogP contribution in [0.15, 0.2) is 120 Å². The lowest BCUT2D eigenvalue weighted by atomic mass is 9.88. The Bertz CT molecular complexity index is 1670. The van der Waals surface area contributed by atoms with Gasteiger partial charge in [-0.25, -0.2) is 8.42 Å². The first-order valence-electron chi connectivity index (χ1n) is 13.5. The van der Waals surface area contributed by atoms with Crippen LogP contribution in [0.1, 0.15) is 46.0 Å². The van der Waals surface area contributed by atoms with Gasteiger partial charge < -0.3 is 4.57 Å². The lowest BCUT2D eigenvalue weighted by molar-refractivity contribution is 0.378. The molecular formula is C33H31N5O2S. The van der Waals surface area contributed by atoms with Crippen LogP contribution >= 0.6 is 0 Å². The quantitative estimate of drug-likeness (QED) is 0.200. The SMILES string of the molecule is Cc1ccc(S(=O)(=O)N(CCC(c2ccccc2)c2ccccc2)Cc2nncn2Cc2ccc(C#N)cc2)cc1. The molecule has 206 valence electrons. The summed E-state index contributed by atoms with van der Waals surface area (Å²) in [4.78, 5) is 0.247. The lowest BCUT2D eigenvalue weighted by Gasteiger charge is -2.25. The summed E-state index contributed by atoms with van der Waals surface area (Å²) in [6.07, 6.45) is 2.20. The Morgan fingerprint density at radius 1 is 0.854 bits per heavy atom. The Kier molecular flexibility index (Phi) is 8.68. The summed E-state index contributed by atoms with van der Waals surface area (Å²) in [5.41, 5.74) is 4.81. The summed E-state index contributed by atoms with van der Waals surface area (Å²) >= 11 is 0. The third-order valence-corrected chi connectivity index (χ3v) is 9.04. The summed E-state index contributed by atoms with van der Waals surface area (Å²) < 4.78 is 31.4. The van der Waals surface area contributed by atoms with Gasteiger partial charge in [-0.3, -0.25) is 0 Å². The normalized spacial score (nSPS) is 11.6. The fourth-order valence-corrected chi connectivity index (χ4v) is 6.29. The zero-order valence-corrected chi connectivity index (χ0v) is 23.7. The average Bonchev–Trinajstić information content (AvgIpc) is 3.44. The van der Waals surface area contributed by atoms with E-state index in [9.17, 15) is 8.42 Å². The number of rotatable bonds is 11. The largest absolute Gasteiger partial charge is 0.312 e. The molecule has 0 aliphatic rings. The highest BCUT2D eigenvalue weighted by atomic mass is 32.2. The summed E-state index contributed by atoms with van der Waals surface area (Å²) in [5, 5.41) is 17.5. The Hall–Kier alpha value is -4.58. The van der Waals surface area contributed by atoms with Gasteiger partial charge in [0.25, 0.3) is 0 Å². The third-order valence-electron chi connectivity index (χ3n) is 7.18. The van der Waals surface area contributed by atoms with Crippen molar-refractivity contribution in [2.24, 2.45) is 0 Å². The second-order valence-corrected chi connectivity index (χ2v) is 11.9. The molecule has 8 heteroatoms. The van der Waals surface area contributed by atoms with E-state index in [1.54, 1.807) is 30.6 Å². The molecule has 0 bridgehead atoms. The van der Waals surface area contributed by atoms with Crippen LogP contribution in [0.2, 0.25) is 0 Å². The van der Waals surface area contributed by atoms with E-state index in [4.69, 9.17) is 5.26 Å². The molecule has 0 aliphatic carbocycles. The maximum atomic E-state index is 14.0. The summed E-state index contributed by atoms with van der Waals surface area (Å²) in [5.74, 6) is 0.561.